The van der Waals surface area contributed by atoms with Gasteiger partial charge in [0, 0.05) is 19.7 Å². The molecule has 0 amide bonds. The van der Waals surface area contributed by atoms with Gasteiger partial charge in [0.05, 0.1) is 25.3 Å². The number of benzene rings is 1. The minimum Gasteiger partial charge on any atom is -0.496 e. The molecule has 0 bridgehead atoms. The quantitative estimate of drug-likeness (QED) is 0.748. The van der Waals surface area contributed by atoms with Gasteiger partial charge in [0.1, 0.15) is 5.75 Å². The summed E-state index contributed by atoms with van der Waals surface area (Å²) >= 11 is 0. The number of carbonyl (C=O) groups excluding carboxylic acids is 1. The minimum atomic E-state index is 0.123. The highest BCUT2D eigenvalue weighted by atomic mass is 16.5. The number of carbonyl (C=O) groups is 1. The van der Waals surface area contributed by atoms with Gasteiger partial charge < -0.3 is 9.47 Å². The number of Topliss-reactive ketones (excluding diaryl/α,β-unsaturated/α-hetero) is 1. The number of rotatable bonds is 6. The lowest BCUT2D eigenvalue weighted by atomic mass is 10.1. The van der Waals surface area contributed by atoms with Gasteiger partial charge in [-0.2, -0.15) is 0 Å². The van der Waals surface area contributed by atoms with E-state index in [0.29, 0.717) is 24.0 Å². The second-order valence-electron chi connectivity index (χ2n) is 5.05. The first kappa shape index (κ1) is 15.0. The van der Waals surface area contributed by atoms with E-state index in [9.17, 15) is 4.79 Å². The highest BCUT2D eigenvalue weighted by Crippen LogP contribution is 2.19. The lowest BCUT2D eigenvalue weighted by Crippen LogP contribution is -2.39. The third-order valence-corrected chi connectivity index (χ3v) is 3.71. The van der Waals surface area contributed by atoms with Crippen LogP contribution in [-0.2, 0) is 4.74 Å². The van der Waals surface area contributed by atoms with Crippen LogP contribution in [0.15, 0.2) is 24.3 Å². The Kier molecular flexibility index (Phi) is 5.56. The second kappa shape index (κ2) is 7.41. The summed E-state index contributed by atoms with van der Waals surface area (Å²) in [4.78, 5) is 14.5. The highest BCUT2D eigenvalue weighted by molar-refractivity contribution is 6.00. The van der Waals surface area contributed by atoms with Crippen LogP contribution in [0.25, 0.3) is 0 Å². The van der Waals surface area contributed by atoms with Crippen molar-refractivity contribution in [3.05, 3.63) is 29.8 Å². The fourth-order valence-corrected chi connectivity index (χ4v) is 2.63. The molecular weight excluding hydrogens is 254 g/mol. The van der Waals surface area contributed by atoms with E-state index < -0.39 is 0 Å². The number of piperidine rings is 1. The molecule has 0 aliphatic carbocycles. The fraction of sp³-hybridized carbons (Fsp3) is 0.562. The molecular formula is C16H23NO3. The molecule has 1 saturated heterocycles. The molecule has 1 heterocycles. The molecule has 1 aromatic rings. The first-order valence-electron chi connectivity index (χ1n) is 7.24. The standard InChI is InChI=1S/C16H23NO3/c1-3-20-13-8-10-17(11-9-13)12-15(18)14-6-4-5-7-16(14)19-2/h4-7,13H,3,8-12H2,1-2H3. The van der Waals surface area contributed by atoms with E-state index in [0.717, 1.165) is 32.5 Å². The van der Waals surface area contributed by atoms with Crippen LogP contribution in [0.4, 0.5) is 0 Å². The number of likely N-dealkylation sites (tertiary alicyclic amines) is 1. The lowest BCUT2D eigenvalue weighted by Gasteiger charge is -2.31. The van der Waals surface area contributed by atoms with Gasteiger partial charge in [0.15, 0.2) is 5.78 Å². The van der Waals surface area contributed by atoms with Crippen LogP contribution >= 0.6 is 0 Å². The van der Waals surface area contributed by atoms with Crippen LogP contribution in [0.5, 0.6) is 5.75 Å². The topological polar surface area (TPSA) is 38.8 Å². The normalized spacial score (nSPS) is 17.1. The monoisotopic (exact) mass is 277 g/mol. The Hall–Kier alpha value is -1.39. The molecule has 20 heavy (non-hydrogen) atoms. The summed E-state index contributed by atoms with van der Waals surface area (Å²) in [5.74, 6) is 0.777. The number of ketones is 1. The van der Waals surface area contributed by atoms with Crippen molar-refractivity contribution in [2.24, 2.45) is 0 Å². The number of hydrogen-bond acceptors (Lipinski definition) is 4. The summed E-state index contributed by atoms with van der Waals surface area (Å²) in [6.07, 6.45) is 2.37. The van der Waals surface area contributed by atoms with E-state index in [2.05, 4.69) is 4.90 Å². The van der Waals surface area contributed by atoms with Gasteiger partial charge in [0.2, 0.25) is 0 Å². The zero-order valence-electron chi connectivity index (χ0n) is 12.3. The molecule has 4 nitrogen and oxygen atoms in total. The van der Waals surface area contributed by atoms with E-state index in [-0.39, 0.29) is 5.78 Å². The molecule has 1 aliphatic rings. The number of para-hydroxylation sites is 1. The van der Waals surface area contributed by atoms with Crippen molar-refractivity contribution >= 4 is 5.78 Å². The molecule has 0 unspecified atom stereocenters. The summed E-state index contributed by atoms with van der Waals surface area (Å²) in [5.41, 5.74) is 0.668. The van der Waals surface area contributed by atoms with Crippen molar-refractivity contribution in [1.29, 1.82) is 0 Å². The predicted octanol–water partition coefficient (Wildman–Crippen LogP) is 2.38. The van der Waals surface area contributed by atoms with E-state index in [1.807, 2.05) is 31.2 Å². The fourth-order valence-electron chi connectivity index (χ4n) is 2.63. The van der Waals surface area contributed by atoms with Crippen molar-refractivity contribution in [3.63, 3.8) is 0 Å². The molecule has 1 fully saturated rings. The van der Waals surface area contributed by atoms with Crippen molar-refractivity contribution in [2.75, 3.05) is 33.4 Å². The van der Waals surface area contributed by atoms with Crippen LogP contribution in [-0.4, -0.2) is 50.1 Å². The molecule has 1 aliphatic heterocycles. The molecule has 0 radical (unpaired) electrons. The minimum absolute atomic E-state index is 0.123. The van der Waals surface area contributed by atoms with Crippen LogP contribution in [0.3, 0.4) is 0 Å². The maximum Gasteiger partial charge on any atom is 0.180 e. The highest BCUT2D eigenvalue weighted by Gasteiger charge is 2.22. The Bertz CT molecular complexity index is 439. The first-order valence-corrected chi connectivity index (χ1v) is 7.24. The summed E-state index contributed by atoms with van der Waals surface area (Å²) in [7, 11) is 1.60. The number of methoxy groups -OCH3 is 1. The summed E-state index contributed by atoms with van der Waals surface area (Å²) in [6, 6.07) is 7.41. The zero-order valence-corrected chi connectivity index (χ0v) is 12.3. The van der Waals surface area contributed by atoms with Gasteiger partial charge in [-0.3, -0.25) is 9.69 Å². The first-order chi connectivity index (χ1) is 9.74. The average molecular weight is 277 g/mol. The van der Waals surface area contributed by atoms with Crippen molar-refractivity contribution in [1.82, 2.24) is 4.90 Å². The SMILES string of the molecule is CCOC1CCN(CC(=O)c2ccccc2OC)CC1. The van der Waals surface area contributed by atoms with Gasteiger partial charge in [0.25, 0.3) is 0 Å². The van der Waals surface area contributed by atoms with Crippen LogP contribution in [0.1, 0.15) is 30.1 Å². The van der Waals surface area contributed by atoms with E-state index >= 15 is 0 Å². The maximum absolute atomic E-state index is 12.3. The van der Waals surface area contributed by atoms with E-state index in [1.165, 1.54) is 0 Å². The summed E-state index contributed by atoms with van der Waals surface area (Å²) in [6.45, 7) is 5.10. The van der Waals surface area contributed by atoms with Gasteiger partial charge >= 0.3 is 0 Å². The van der Waals surface area contributed by atoms with Crippen molar-refractivity contribution < 1.29 is 14.3 Å². The third-order valence-electron chi connectivity index (χ3n) is 3.71. The largest absolute Gasteiger partial charge is 0.496 e. The van der Waals surface area contributed by atoms with Crippen molar-refractivity contribution in [2.45, 2.75) is 25.9 Å². The molecule has 2 rings (SSSR count). The van der Waals surface area contributed by atoms with Gasteiger partial charge in [-0.25, -0.2) is 0 Å². The van der Waals surface area contributed by atoms with Gasteiger partial charge in [-0.05, 0) is 31.9 Å². The molecule has 0 aromatic heterocycles. The Morgan fingerprint density at radius 1 is 1.30 bits per heavy atom. The molecule has 0 saturated carbocycles. The zero-order chi connectivity index (χ0) is 14.4. The maximum atomic E-state index is 12.3. The Labute approximate surface area is 120 Å². The molecule has 1 aromatic carbocycles. The Morgan fingerprint density at radius 2 is 2.00 bits per heavy atom. The van der Waals surface area contributed by atoms with Gasteiger partial charge in [-0.1, -0.05) is 12.1 Å². The number of hydrogen-bond donors (Lipinski definition) is 0. The van der Waals surface area contributed by atoms with E-state index in [4.69, 9.17) is 9.47 Å². The Morgan fingerprint density at radius 3 is 2.65 bits per heavy atom. The molecule has 0 N–H and O–H groups in total. The second-order valence-corrected chi connectivity index (χ2v) is 5.05. The van der Waals surface area contributed by atoms with Crippen LogP contribution in [0.2, 0.25) is 0 Å². The summed E-state index contributed by atoms with van der Waals surface area (Å²) < 4.78 is 10.9. The molecule has 110 valence electrons. The van der Waals surface area contributed by atoms with Crippen LogP contribution in [0, 0.1) is 0 Å². The molecule has 4 heteroatoms. The lowest BCUT2D eigenvalue weighted by molar-refractivity contribution is 0.0147. The summed E-state index contributed by atoms with van der Waals surface area (Å²) in [5, 5.41) is 0. The van der Waals surface area contributed by atoms with Gasteiger partial charge in [-0.15, -0.1) is 0 Å². The van der Waals surface area contributed by atoms with Crippen LogP contribution < -0.4 is 4.74 Å². The Balaban J connectivity index is 1.89. The van der Waals surface area contributed by atoms with E-state index in [1.54, 1.807) is 7.11 Å². The predicted molar refractivity (Wildman–Crippen MR) is 78.4 cm³/mol. The molecule has 0 atom stereocenters. The van der Waals surface area contributed by atoms with Crippen molar-refractivity contribution in [3.8, 4) is 5.75 Å². The average Bonchev–Trinajstić information content (AvgIpc) is 2.49. The molecule has 0 spiro atoms. The number of nitrogens with zero attached hydrogens (tertiary/aromatic N) is 1. The smallest absolute Gasteiger partial charge is 0.180 e. The number of ether oxygens (including phenoxy) is 2. The third kappa shape index (κ3) is 3.81.